The Morgan fingerprint density at radius 3 is 2.50 bits per heavy atom. The van der Waals surface area contributed by atoms with E-state index >= 15 is 0 Å². The molecule has 0 spiro atoms. The molecule has 0 saturated heterocycles. The van der Waals surface area contributed by atoms with E-state index < -0.39 is 0 Å². The molecule has 0 aliphatic heterocycles. The molecular weight excluding hydrogens is 192 g/mol. The number of rotatable bonds is 3. The first-order valence-corrected chi connectivity index (χ1v) is 5.54. The number of hydrogen-bond acceptors (Lipinski definition) is 3. The summed E-state index contributed by atoms with van der Waals surface area (Å²) in [5.41, 5.74) is 0.478. The number of hydrogen-bond donors (Lipinski definition) is 0. The standard InChI is InChI=1S/C11H14N2S/c1-8(2)9(3)14-11-5-4-10(6-12)13-7-11/h4-5,7-9H,1-3H3. The van der Waals surface area contributed by atoms with Crippen molar-refractivity contribution in [1.82, 2.24) is 4.98 Å². The van der Waals surface area contributed by atoms with Gasteiger partial charge in [0.25, 0.3) is 0 Å². The van der Waals surface area contributed by atoms with E-state index in [2.05, 4.69) is 25.8 Å². The molecule has 0 fully saturated rings. The molecule has 2 nitrogen and oxygen atoms in total. The zero-order valence-corrected chi connectivity index (χ0v) is 9.51. The minimum absolute atomic E-state index is 0.478. The third kappa shape index (κ3) is 3.04. The molecule has 1 aromatic heterocycles. The lowest BCUT2D eigenvalue weighted by atomic mass is 10.2. The van der Waals surface area contributed by atoms with Crippen molar-refractivity contribution in [2.24, 2.45) is 5.92 Å². The summed E-state index contributed by atoms with van der Waals surface area (Å²) in [6.07, 6.45) is 1.77. The normalized spacial score (nSPS) is 12.5. The van der Waals surface area contributed by atoms with Crippen LogP contribution < -0.4 is 0 Å². The Balaban J connectivity index is 2.65. The lowest BCUT2D eigenvalue weighted by Crippen LogP contribution is -2.05. The van der Waals surface area contributed by atoms with Gasteiger partial charge >= 0.3 is 0 Å². The van der Waals surface area contributed by atoms with Crippen LogP contribution in [0.5, 0.6) is 0 Å². The Morgan fingerprint density at radius 2 is 2.07 bits per heavy atom. The molecule has 0 aliphatic carbocycles. The molecule has 1 unspecified atom stereocenters. The van der Waals surface area contributed by atoms with E-state index in [4.69, 9.17) is 5.26 Å². The first-order valence-electron chi connectivity index (χ1n) is 4.66. The molecule has 1 heterocycles. The van der Waals surface area contributed by atoms with E-state index in [1.54, 1.807) is 24.0 Å². The highest BCUT2D eigenvalue weighted by Gasteiger charge is 2.08. The van der Waals surface area contributed by atoms with Crippen LogP contribution in [0.25, 0.3) is 0 Å². The number of thioether (sulfide) groups is 1. The van der Waals surface area contributed by atoms with Gasteiger partial charge in [0.15, 0.2) is 0 Å². The van der Waals surface area contributed by atoms with Crippen molar-refractivity contribution < 1.29 is 0 Å². The van der Waals surface area contributed by atoms with Crippen LogP contribution in [0.4, 0.5) is 0 Å². The fourth-order valence-corrected chi connectivity index (χ4v) is 1.83. The summed E-state index contributed by atoms with van der Waals surface area (Å²) in [5, 5.41) is 9.15. The third-order valence-corrected chi connectivity index (χ3v) is 3.54. The van der Waals surface area contributed by atoms with Gasteiger partial charge in [-0.15, -0.1) is 11.8 Å². The summed E-state index contributed by atoms with van der Waals surface area (Å²) in [5.74, 6) is 0.649. The molecule has 0 bridgehead atoms. The quantitative estimate of drug-likeness (QED) is 0.713. The predicted molar refractivity (Wildman–Crippen MR) is 59.1 cm³/mol. The Bertz CT molecular complexity index is 324. The lowest BCUT2D eigenvalue weighted by Gasteiger charge is -2.14. The van der Waals surface area contributed by atoms with E-state index in [9.17, 15) is 0 Å². The highest BCUT2D eigenvalue weighted by Crippen LogP contribution is 2.26. The molecule has 0 saturated carbocycles. The zero-order valence-electron chi connectivity index (χ0n) is 8.69. The Kier molecular flexibility index (Phi) is 3.97. The molecule has 0 amide bonds. The van der Waals surface area contributed by atoms with Gasteiger partial charge < -0.3 is 0 Å². The van der Waals surface area contributed by atoms with Crippen molar-refractivity contribution in [2.75, 3.05) is 0 Å². The SMILES string of the molecule is CC(C)C(C)Sc1ccc(C#N)nc1. The third-order valence-electron chi connectivity index (χ3n) is 2.11. The van der Waals surface area contributed by atoms with Gasteiger partial charge in [-0.05, 0) is 18.1 Å². The van der Waals surface area contributed by atoms with Gasteiger partial charge in [0.1, 0.15) is 11.8 Å². The number of nitriles is 1. The molecule has 3 heteroatoms. The molecule has 0 radical (unpaired) electrons. The topological polar surface area (TPSA) is 36.7 Å². The van der Waals surface area contributed by atoms with Crippen LogP contribution >= 0.6 is 11.8 Å². The van der Waals surface area contributed by atoms with Crippen LogP contribution in [0.2, 0.25) is 0 Å². The smallest absolute Gasteiger partial charge is 0.140 e. The van der Waals surface area contributed by atoms with Crippen LogP contribution in [0, 0.1) is 17.2 Å². The van der Waals surface area contributed by atoms with Gasteiger partial charge in [-0.1, -0.05) is 20.8 Å². The van der Waals surface area contributed by atoms with E-state index in [1.165, 1.54) is 0 Å². The summed E-state index contributed by atoms with van der Waals surface area (Å²) in [6, 6.07) is 5.72. The van der Waals surface area contributed by atoms with Gasteiger partial charge in [0.05, 0.1) is 0 Å². The minimum Gasteiger partial charge on any atom is -0.244 e. The van der Waals surface area contributed by atoms with Gasteiger partial charge in [0, 0.05) is 16.3 Å². The number of aromatic nitrogens is 1. The Labute approximate surface area is 89.4 Å². The Morgan fingerprint density at radius 1 is 1.36 bits per heavy atom. The maximum Gasteiger partial charge on any atom is 0.140 e. The van der Waals surface area contributed by atoms with Crippen molar-refractivity contribution in [3.8, 4) is 6.07 Å². The molecule has 1 atom stereocenters. The van der Waals surface area contributed by atoms with Crippen LogP contribution in [0.15, 0.2) is 23.2 Å². The molecule has 0 N–H and O–H groups in total. The van der Waals surface area contributed by atoms with Gasteiger partial charge in [0.2, 0.25) is 0 Å². The summed E-state index contributed by atoms with van der Waals surface area (Å²) in [4.78, 5) is 5.16. The second-order valence-corrected chi connectivity index (χ2v) is 5.01. The average molecular weight is 206 g/mol. The van der Waals surface area contributed by atoms with E-state index in [0.717, 1.165) is 4.90 Å². The van der Waals surface area contributed by atoms with E-state index in [0.29, 0.717) is 16.9 Å². The predicted octanol–water partition coefficient (Wildman–Crippen LogP) is 3.09. The van der Waals surface area contributed by atoms with E-state index in [-0.39, 0.29) is 0 Å². The zero-order chi connectivity index (χ0) is 10.6. The highest BCUT2D eigenvalue weighted by atomic mass is 32.2. The van der Waals surface area contributed by atoms with Crippen molar-refractivity contribution in [3.05, 3.63) is 24.0 Å². The van der Waals surface area contributed by atoms with Gasteiger partial charge in [-0.2, -0.15) is 5.26 Å². The first-order chi connectivity index (χ1) is 6.63. The van der Waals surface area contributed by atoms with Gasteiger partial charge in [-0.3, -0.25) is 0 Å². The Hall–Kier alpha value is -1.01. The maximum absolute atomic E-state index is 8.58. The van der Waals surface area contributed by atoms with Crippen molar-refractivity contribution in [2.45, 2.75) is 30.9 Å². The van der Waals surface area contributed by atoms with Crippen molar-refractivity contribution in [1.29, 1.82) is 5.26 Å². The second-order valence-electron chi connectivity index (χ2n) is 3.56. The van der Waals surface area contributed by atoms with Gasteiger partial charge in [-0.25, -0.2) is 4.98 Å². The lowest BCUT2D eigenvalue weighted by molar-refractivity contribution is 0.642. The number of pyridine rings is 1. The average Bonchev–Trinajstić information content (AvgIpc) is 2.19. The molecule has 1 rings (SSSR count). The minimum atomic E-state index is 0.478. The maximum atomic E-state index is 8.58. The highest BCUT2D eigenvalue weighted by molar-refractivity contribution is 8.00. The van der Waals surface area contributed by atoms with Crippen LogP contribution in [-0.2, 0) is 0 Å². The van der Waals surface area contributed by atoms with E-state index in [1.807, 2.05) is 12.1 Å². The summed E-state index contributed by atoms with van der Waals surface area (Å²) in [7, 11) is 0. The monoisotopic (exact) mass is 206 g/mol. The second kappa shape index (κ2) is 5.02. The van der Waals surface area contributed by atoms with Crippen LogP contribution in [-0.4, -0.2) is 10.2 Å². The van der Waals surface area contributed by atoms with Crippen LogP contribution in [0.1, 0.15) is 26.5 Å². The molecule has 74 valence electrons. The summed E-state index contributed by atoms with van der Waals surface area (Å²) in [6.45, 7) is 6.61. The number of nitrogens with zero attached hydrogens (tertiary/aromatic N) is 2. The molecule has 1 aromatic rings. The first kappa shape index (κ1) is 11.1. The molecule has 14 heavy (non-hydrogen) atoms. The largest absolute Gasteiger partial charge is 0.244 e. The molecular formula is C11H14N2S. The molecule has 0 aromatic carbocycles. The summed E-state index contributed by atoms with van der Waals surface area (Å²) >= 11 is 1.80. The fraction of sp³-hybridized carbons (Fsp3) is 0.455. The van der Waals surface area contributed by atoms with Crippen molar-refractivity contribution in [3.63, 3.8) is 0 Å². The fourth-order valence-electron chi connectivity index (χ4n) is 0.867. The molecule has 0 aliphatic rings. The van der Waals surface area contributed by atoms with Crippen LogP contribution in [0.3, 0.4) is 0 Å². The van der Waals surface area contributed by atoms with Crippen molar-refractivity contribution >= 4 is 11.8 Å². The summed E-state index contributed by atoms with van der Waals surface area (Å²) < 4.78 is 0.